The van der Waals surface area contributed by atoms with Gasteiger partial charge in [0.25, 0.3) is 0 Å². The first-order valence-electron chi connectivity index (χ1n) is 5.39. The molecular weight excluding hydrogens is 176 g/mol. The summed E-state index contributed by atoms with van der Waals surface area (Å²) in [6, 6.07) is 0. The topological polar surface area (TPSA) is 29.5 Å². The lowest BCUT2D eigenvalue weighted by Gasteiger charge is -2.27. The molecule has 2 nitrogen and oxygen atoms in total. The highest BCUT2D eigenvalue weighted by Gasteiger charge is 2.21. The second-order valence-corrected chi connectivity index (χ2v) is 5.92. The van der Waals surface area contributed by atoms with E-state index in [0.717, 1.165) is 19.3 Å². The second kappa shape index (κ2) is 5.13. The van der Waals surface area contributed by atoms with Gasteiger partial charge in [-0.05, 0) is 38.5 Å². The van der Waals surface area contributed by atoms with Gasteiger partial charge < -0.3 is 9.84 Å². The molecule has 0 fully saturated rings. The molecule has 0 bridgehead atoms. The highest BCUT2D eigenvalue weighted by Crippen LogP contribution is 2.25. The maximum Gasteiger partial charge on any atom is 0.0623 e. The van der Waals surface area contributed by atoms with Crippen LogP contribution in [0, 0.1) is 5.41 Å². The molecule has 0 rings (SSSR count). The number of aliphatic hydroxyl groups excluding tert-OH is 1. The van der Waals surface area contributed by atoms with Crippen LogP contribution in [0.1, 0.15) is 53.9 Å². The molecule has 0 aromatic rings. The third-order valence-corrected chi connectivity index (χ3v) is 2.48. The summed E-state index contributed by atoms with van der Waals surface area (Å²) in [6.45, 7) is 10.6. The Morgan fingerprint density at radius 2 is 1.64 bits per heavy atom. The van der Waals surface area contributed by atoms with Gasteiger partial charge in [-0.15, -0.1) is 0 Å². The van der Waals surface area contributed by atoms with Gasteiger partial charge in [-0.25, -0.2) is 0 Å². The van der Waals surface area contributed by atoms with E-state index in [1.165, 1.54) is 0 Å². The van der Waals surface area contributed by atoms with Crippen molar-refractivity contribution in [1.82, 2.24) is 0 Å². The maximum absolute atomic E-state index is 9.79. The zero-order valence-corrected chi connectivity index (χ0v) is 10.6. The Balaban J connectivity index is 3.80. The number of hydrogen-bond donors (Lipinski definition) is 1. The Morgan fingerprint density at radius 3 is 2.00 bits per heavy atom. The Kier molecular flexibility index (Phi) is 5.10. The average Bonchev–Trinajstić information content (AvgIpc) is 1.98. The van der Waals surface area contributed by atoms with Gasteiger partial charge in [-0.1, -0.05) is 20.8 Å². The van der Waals surface area contributed by atoms with Crippen molar-refractivity contribution in [3.05, 3.63) is 0 Å². The molecule has 0 saturated carbocycles. The summed E-state index contributed by atoms with van der Waals surface area (Å²) in [5.74, 6) is 0. The minimum absolute atomic E-state index is 0.112. The van der Waals surface area contributed by atoms with Gasteiger partial charge in [-0.3, -0.25) is 0 Å². The fourth-order valence-electron chi connectivity index (χ4n) is 1.43. The molecule has 1 atom stereocenters. The molecule has 0 radical (unpaired) electrons. The van der Waals surface area contributed by atoms with Crippen LogP contribution in [0.4, 0.5) is 0 Å². The van der Waals surface area contributed by atoms with Gasteiger partial charge in [0.15, 0.2) is 0 Å². The van der Waals surface area contributed by atoms with Crippen LogP contribution in [0.3, 0.4) is 0 Å². The van der Waals surface area contributed by atoms with Crippen molar-refractivity contribution < 1.29 is 9.84 Å². The van der Waals surface area contributed by atoms with Crippen LogP contribution in [0.15, 0.2) is 0 Å². The van der Waals surface area contributed by atoms with Crippen molar-refractivity contribution in [2.45, 2.75) is 65.6 Å². The normalized spacial score (nSPS) is 15.6. The zero-order chi connectivity index (χ0) is 11.4. The summed E-state index contributed by atoms with van der Waals surface area (Å²) in [6.07, 6.45) is 2.37. The standard InChI is InChI=1S/C12H26O2/c1-11(2,3)9-10(13)7-8-12(4,5)14-6/h10,13H,7-9H2,1-6H3. The van der Waals surface area contributed by atoms with Crippen molar-refractivity contribution in [3.8, 4) is 0 Å². The molecule has 0 aliphatic heterocycles. The number of rotatable bonds is 5. The van der Waals surface area contributed by atoms with Gasteiger partial charge >= 0.3 is 0 Å². The highest BCUT2D eigenvalue weighted by atomic mass is 16.5. The summed E-state index contributed by atoms with van der Waals surface area (Å²) in [4.78, 5) is 0. The van der Waals surface area contributed by atoms with Gasteiger partial charge in [-0.2, -0.15) is 0 Å². The molecule has 86 valence electrons. The predicted molar refractivity (Wildman–Crippen MR) is 60.4 cm³/mol. The average molecular weight is 202 g/mol. The fourth-order valence-corrected chi connectivity index (χ4v) is 1.43. The van der Waals surface area contributed by atoms with Crippen molar-refractivity contribution in [1.29, 1.82) is 0 Å². The third kappa shape index (κ3) is 7.34. The molecular formula is C12H26O2. The monoisotopic (exact) mass is 202 g/mol. The molecule has 0 spiro atoms. The third-order valence-electron chi connectivity index (χ3n) is 2.48. The van der Waals surface area contributed by atoms with E-state index >= 15 is 0 Å². The van der Waals surface area contributed by atoms with E-state index in [1.807, 2.05) is 0 Å². The zero-order valence-electron chi connectivity index (χ0n) is 10.6. The first kappa shape index (κ1) is 13.9. The van der Waals surface area contributed by atoms with E-state index in [-0.39, 0.29) is 17.1 Å². The Morgan fingerprint density at radius 1 is 1.14 bits per heavy atom. The SMILES string of the molecule is COC(C)(C)CCC(O)CC(C)(C)C. The van der Waals surface area contributed by atoms with Gasteiger partial charge in [0, 0.05) is 7.11 Å². The van der Waals surface area contributed by atoms with E-state index < -0.39 is 0 Å². The highest BCUT2D eigenvalue weighted by molar-refractivity contribution is 4.73. The molecule has 2 heteroatoms. The van der Waals surface area contributed by atoms with E-state index in [0.29, 0.717) is 0 Å². The molecule has 0 aliphatic carbocycles. The molecule has 0 amide bonds. The lowest BCUT2D eigenvalue weighted by atomic mass is 9.86. The summed E-state index contributed by atoms with van der Waals surface area (Å²) < 4.78 is 5.31. The summed E-state index contributed by atoms with van der Waals surface area (Å²) >= 11 is 0. The summed E-state index contributed by atoms with van der Waals surface area (Å²) in [7, 11) is 1.72. The van der Waals surface area contributed by atoms with Crippen molar-refractivity contribution >= 4 is 0 Å². The van der Waals surface area contributed by atoms with Crippen molar-refractivity contribution in [2.75, 3.05) is 7.11 Å². The fraction of sp³-hybridized carbons (Fsp3) is 1.00. The minimum atomic E-state index is -0.204. The number of hydrogen-bond acceptors (Lipinski definition) is 2. The van der Waals surface area contributed by atoms with E-state index in [4.69, 9.17) is 4.74 Å². The molecule has 0 aromatic heterocycles. The number of aliphatic hydroxyl groups is 1. The van der Waals surface area contributed by atoms with Crippen LogP contribution in [-0.2, 0) is 4.74 Å². The smallest absolute Gasteiger partial charge is 0.0623 e. The maximum atomic E-state index is 9.79. The molecule has 0 aliphatic rings. The van der Waals surface area contributed by atoms with Gasteiger partial charge in [0.05, 0.1) is 11.7 Å². The molecule has 0 aromatic carbocycles. The predicted octanol–water partition coefficient (Wildman–Crippen LogP) is 2.99. The Bertz CT molecular complexity index is 156. The lowest BCUT2D eigenvalue weighted by Crippen LogP contribution is -2.26. The molecule has 0 heterocycles. The molecule has 1 N–H and O–H groups in total. The van der Waals surface area contributed by atoms with Crippen LogP contribution >= 0.6 is 0 Å². The van der Waals surface area contributed by atoms with Crippen LogP contribution in [0.2, 0.25) is 0 Å². The summed E-state index contributed by atoms with van der Waals surface area (Å²) in [5.41, 5.74) is 0.0928. The van der Waals surface area contributed by atoms with Crippen LogP contribution in [0.25, 0.3) is 0 Å². The summed E-state index contributed by atoms with van der Waals surface area (Å²) in [5, 5.41) is 9.79. The Hall–Kier alpha value is -0.0800. The largest absolute Gasteiger partial charge is 0.393 e. The molecule has 14 heavy (non-hydrogen) atoms. The quantitative estimate of drug-likeness (QED) is 0.742. The van der Waals surface area contributed by atoms with Crippen molar-refractivity contribution in [3.63, 3.8) is 0 Å². The van der Waals surface area contributed by atoms with E-state index in [9.17, 15) is 5.11 Å². The molecule has 1 unspecified atom stereocenters. The Labute approximate surface area is 88.7 Å². The number of methoxy groups -OCH3 is 1. The van der Waals surface area contributed by atoms with Gasteiger partial charge in [0.2, 0.25) is 0 Å². The first-order valence-corrected chi connectivity index (χ1v) is 5.39. The van der Waals surface area contributed by atoms with E-state index in [1.54, 1.807) is 7.11 Å². The second-order valence-electron chi connectivity index (χ2n) is 5.92. The van der Waals surface area contributed by atoms with Crippen molar-refractivity contribution in [2.24, 2.45) is 5.41 Å². The van der Waals surface area contributed by atoms with Crippen LogP contribution in [0.5, 0.6) is 0 Å². The van der Waals surface area contributed by atoms with E-state index in [2.05, 4.69) is 34.6 Å². The first-order chi connectivity index (χ1) is 6.16. The van der Waals surface area contributed by atoms with Crippen LogP contribution in [-0.4, -0.2) is 23.9 Å². The number of ether oxygens (including phenoxy) is 1. The minimum Gasteiger partial charge on any atom is -0.393 e. The van der Waals surface area contributed by atoms with Crippen LogP contribution < -0.4 is 0 Å². The lowest BCUT2D eigenvalue weighted by molar-refractivity contribution is -0.00106. The van der Waals surface area contributed by atoms with Gasteiger partial charge in [0.1, 0.15) is 0 Å². The molecule has 0 saturated heterocycles.